The van der Waals surface area contributed by atoms with E-state index in [0.29, 0.717) is 19.7 Å². The Morgan fingerprint density at radius 1 is 1.32 bits per heavy atom. The van der Waals surface area contributed by atoms with Crippen molar-refractivity contribution in [1.82, 2.24) is 26.6 Å². The first kappa shape index (κ1) is 18.2. The minimum absolute atomic E-state index is 0.0451. The Bertz CT molecular complexity index is 602. The summed E-state index contributed by atoms with van der Waals surface area (Å²) in [5, 5.41) is 0. The van der Waals surface area contributed by atoms with Gasteiger partial charge in [-0.3, -0.25) is 21.1 Å². The molecule has 2 aliphatic rings. The number of rotatable bonds is 6. The van der Waals surface area contributed by atoms with E-state index in [1.54, 1.807) is 18.1 Å². The molecule has 2 saturated heterocycles. The van der Waals surface area contributed by atoms with Gasteiger partial charge in [-0.25, -0.2) is 9.82 Å². The van der Waals surface area contributed by atoms with E-state index in [1.807, 2.05) is 13.1 Å². The molecular formula is C17H26FN5O2. The number of methoxy groups -OCH3 is 1. The Morgan fingerprint density at radius 2 is 2.12 bits per heavy atom. The second-order valence-electron chi connectivity index (χ2n) is 6.76. The van der Waals surface area contributed by atoms with Crippen LogP contribution in [0.15, 0.2) is 24.3 Å². The number of hydrazine groups is 2. The number of carbonyl (C=O) groups is 1. The quantitative estimate of drug-likeness (QED) is 0.575. The number of ether oxygens (including phenoxy) is 1. The largest absolute Gasteiger partial charge is 0.383 e. The maximum Gasteiger partial charge on any atom is 0.228 e. The van der Waals surface area contributed by atoms with E-state index in [4.69, 9.17) is 4.74 Å². The summed E-state index contributed by atoms with van der Waals surface area (Å²) in [6.45, 7) is 1.77. The van der Waals surface area contributed by atoms with Gasteiger partial charge in [0.05, 0.1) is 18.6 Å². The highest BCUT2D eigenvalue weighted by Gasteiger charge is 2.36. The van der Waals surface area contributed by atoms with Crippen molar-refractivity contribution in [1.29, 1.82) is 0 Å². The van der Waals surface area contributed by atoms with Crippen molar-refractivity contribution >= 4 is 5.91 Å². The molecule has 0 aliphatic carbocycles. The van der Waals surface area contributed by atoms with Gasteiger partial charge in [0.25, 0.3) is 0 Å². The van der Waals surface area contributed by atoms with Crippen LogP contribution in [0, 0.1) is 11.7 Å². The Labute approximate surface area is 147 Å². The van der Waals surface area contributed by atoms with Crippen LogP contribution in [0.1, 0.15) is 18.0 Å². The molecule has 1 aromatic carbocycles. The van der Waals surface area contributed by atoms with Crippen LogP contribution in [0.25, 0.3) is 0 Å². The second-order valence-corrected chi connectivity index (χ2v) is 6.76. The number of nitrogens with one attached hydrogen (secondary N) is 4. The third-order valence-corrected chi connectivity index (χ3v) is 4.81. The summed E-state index contributed by atoms with van der Waals surface area (Å²) >= 11 is 0. The molecular weight excluding hydrogens is 325 g/mol. The van der Waals surface area contributed by atoms with Crippen LogP contribution < -0.4 is 21.7 Å². The van der Waals surface area contributed by atoms with Gasteiger partial charge in [0, 0.05) is 39.3 Å². The van der Waals surface area contributed by atoms with Gasteiger partial charge < -0.3 is 9.64 Å². The van der Waals surface area contributed by atoms with Crippen LogP contribution in [-0.4, -0.2) is 56.7 Å². The highest BCUT2D eigenvalue weighted by atomic mass is 19.1. The smallest absolute Gasteiger partial charge is 0.228 e. The molecule has 4 N–H and O–H groups in total. The average molecular weight is 351 g/mol. The van der Waals surface area contributed by atoms with Gasteiger partial charge in [-0.2, -0.15) is 0 Å². The van der Waals surface area contributed by atoms with E-state index in [2.05, 4.69) is 21.7 Å². The van der Waals surface area contributed by atoms with E-state index in [9.17, 15) is 9.18 Å². The third kappa shape index (κ3) is 4.34. The van der Waals surface area contributed by atoms with Crippen LogP contribution in [0.4, 0.5) is 4.39 Å². The number of hydrogen-bond donors (Lipinski definition) is 4. The van der Waals surface area contributed by atoms with Crippen molar-refractivity contribution in [2.75, 3.05) is 33.9 Å². The summed E-state index contributed by atoms with van der Waals surface area (Å²) in [5.74, 6) is -0.518. The van der Waals surface area contributed by atoms with Crippen LogP contribution in [0.3, 0.4) is 0 Å². The zero-order valence-corrected chi connectivity index (χ0v) is 14.6. The SMILES string of the molecule is COCC1CC(CN(C)C(=O)C2CNNC2c2cccc(F)c2)NN1. The van der Waals surface area contributed by atoms with Gasteiger partial charge in [-0.05, 0) is 24.1 Å². The molecule has 0 spiro atoms. The van der Waals surface area contributed by atoms with E-state index >= 15 is 0 Å². The molecule has 0 radical (unpaired) electrons. The minimum Gasteiger partial charge on any atom is -0.383 e. The molecule has 4 atom stereocenters. The van der Waals surface area contributed by atoms with Crippen LogP contribution in [0.5, 0.6) is 0 Å². The lowest BCUT2D eigenvalue weighted by molar-refractivity contribution is -0.134. The van der Waals surface area contributed by atoms with E-state index < -0.39 is 0 Å². The van der Waals surface area contributed by atoms with Gasteiger partial charge >= 0.3 is 0 Å². The molecule has 1 aromatic rings. The molecule has 2 fully saturated rings. The van der Waals surface area contributed by atoms with Gasteiger partial charge in [0.1, 0.15) is 5.82 Å². The maximum atomic E-state index is 13.5. The molecule has 25 heavy (non-hydrogen) atoms. The Kier molecular flexibility index (Phi) is 5.98. The second kappa shape index (κ2) is 8.20. The molecule has 8 heteroatoms. The monoisotopic (exact) mass is 351 g/mol. The lowest BCUT2D eigenvalue weighted by atomic mass is 9.93. The van der Waals surface area contributed by atoms with Gasteiger partial charge in [0.15, 0.2) is 0 Å². The predicted molar refractivity (Wildman–Crippen MR) is 91.7 cm³/mol. The third-order valence-electron chi connectivity index (χ3n) is 4.81. The first-order valence-corrected chi connectivity index (χ1v) is 8.57. The van der Waals surface area contributed by atoms with Crippen LogP contribution in [-0.2, 0) is 9.53 Å². The lowest BCUT2D eigenvalue weighted by Gasteiger charge is -2.26. The van der Waals surface area contributed by atoms with E-state index in [-0.39, 0.29) is 35.8 Å². The van der Waals surface area contributed by atoms with Crippen molar-refractivity contribution in [2.24, 2.45) is 5.92 Å². The Morgan fingerprint density at radius 3 is 2.88 bits per heavy atom. The fraction of sp³-hybridized carbons (Fsp3) is 0.588. The molecule has 0 bridgehead atoms. The zero-order valence-electron chi connectivity index (χ0n) is 14.6. The van der Waals surface area contributed by atoms with Crippen molar-refractivity contribution < 1.29 is 13.9 Å². The van der Waals surface area contributed by atoms with Crippen molar-refractivity contribution in [3.05, 3.63) is 35.6 Å². The van der Waals surface area contributed by atoms with E-state index in [0.717, 1.165) is 12.0 Å². The summed E-state index contributed by atoms with van der Waals surface area (Å²) in [7, 11) is 3.49. The summed E-state index contributed by atoms with van der Waals surface area (Å²) in [6, 6.07) is 6.59. The standard InChI is InChI=1S/C17H26FN5O2/c1-23(9-13-7-14(10-25-2)21-20-13)17(24)15-8-19-22-16(15)11-4-3-5-12(18)6-11/h3-6,13-16,19-22H,7-10H2,1-2H3. The number of nitrogens with zero attached hydrogens (tertiary/aromatic N) is 1. The van der Waals surface area contributed by atoms with Gasteiger partial charge in [-0.15, -0.1) is 0 Å². The average Bonchev–Trinajstić information content (AvgIpc) is 3.24. The van der Waals surface area contributed by atoms with Crippen molar-refractivity contribution in [2.45, 2.75) is 24.5 Å². The summed E-state index contributed by atoms with van der Waals surface area (Å²) < 4.78 is 18.7. The van der Waals surface area contributed by atoms with Gasteiger partial charge in [0.2, 0.25) is 5.91 Å². The number of amides is 1. The molecule has 1 amide bonds. The van der Waals surface area contributed by atoms with E-state index in [1.165, 1.54) is 12.1 Å². The minimum atomic E-state index is -0.295. The summed E-state index contributed by atoms with van der Waals surface area (Å²) in [6.07, 6.45) is 0.903. The summed E-state index contributed by atoms with van der Waals surface area (Å²) in [5.41, 5.74) is 13.3. The normalized spacial score (nSPS) is 29.1. The fourth-order valence-electron chi connectivity index (χ4n) is 3.57. The number of halogens is 1. The molecule has 3 rings (SSSR count). The number of likely N-dealkylation sites (N-methyl/N-ethyl adjacent to an activating group) is 1. The molecule has 0 saturated carbocycles. The summed E-state index contributed by atoms with van der Waals surface area (Å²) in [4.78, 5) is 14.6. The topological polar surface area (TPSA) is 77.7 Å². The molecule has 2 heterocycles. The molecule has 138 valence electrons. The number of carbonyl (C=O) groups excluding carboxylic acids is 1. The Hall–Kier alpha value is -1.58. The first-order chi connectivity index (χ1) is 12.1. The zero-order chi connectivity index (χ0) is 17.8. The van der Waals surface area contributed by atoms with Crippen LogP contribution in [0.2, 0.25) is 0 Å². The van der Waals surface area contributed by atoms with Crippen molar-refractivity contribution in [3.63, 3.8) is 0 Å². The van der Waals surface area contributed by atoms with Crippen molar-refractivity contribution in [3.8, 4) is 0 Å². The molecule has 0 aromatic heterocycles. The van der Waals surface area contributed by atoms with Gasteiger partial charge in [-0.1, -0.05) is 12.1 Å². The number of hydrogen-bond acceptors (Lipinski definition) is 6. The lowest BCUT2D eigenvalue weighted by Crippen LogP contribution is -2.44. The maximum absolute atomic E-state index is 13.5. The van der Waals surface area contributed by atoms with Crippen LogP contribution >= 0.6 is 0 Å². The molecule has 2 aliphatic heterocycles. The Balaban J connectivity index is 1.59. The first-order valence-electron chi connectivity index (χ1n) is 8.57. The number of benzene rings is 1. The fourth-order valence-corrected chi connectivity index (χ4v) is 3.57. The highest BCUT2D eigenvalue weighted by Crippen LogP contribution is 2.27. The molecule has 7 nitrogen and oxygen atoms in total. The molecule has 4 unspecified atom stereocenters. The highest BCUT2D eigenvalue weighted by molar-refractivity contribution is 5.80. The predicted octanol–water partition coefficient (Wildman–Crippen LogP) is -0.0693.